The zero-order valence-corrected chi connectivity index (χ0v) is 19.9. The summed E-state index contributed by atoms with van der Waals surface area (Å²) in [6.45, 7) is 4.94. The van der Waals surface area contributed by atoms with Crippen LogP contribution in [-0.2, 0) is 4.79 Å². The Morgan fingerprint density at radius 3 is 2.55 bits per heavy atom. The Kier molecular flexibility index (Phi) is 8.75. The number of likely N-dealkylation sites (tertiary alicyclic amines) is 2. The summed E-state index contributed by atoms with van der Waals surface area (Å²) >= 11 is 0. The standard InChI is InChI=1S/C24H41N7O2/c25-11-5-6-21-20(10-17-31(21)19-8-15-30(16-9-19)23(33)18-32)27-24-26-12-7-22(28-24)29-13-3-1-2-4-14-29/h7,12,19-21,32H,1-6,8-11,13-18,25H2,(H,26,27,28). The number of anilines is 2. The molecule has 3 fully saturated rings. The molecule has 9 heteroatoms. The number of rotatable bonds is 8. The van der Waals surface area contributed by atoms with Gasteiger partial charge in [0, 0.05) is 57.0 Å². The average molecular weight is 460 g/mol. The topological polar surface area (TPSA) is 111 Å². The number of hydrogen-bond donors (Lipinski definition) is 3. The van der Waals surface area contributed by atoms with Crippen molar-refractivity contribution in [2.45, 2.75) is 75.9 Å². The lowest BCUT2D eigenvalue weighted by Gasteiger charge is -2.40. The second kappa shape index (κ2) is 11.9. The fourth-order valence-corrected chi connectivity index (χ4v) is 5.80. The van der Waals surface area contributed by atoms with Gasteiger partial charge in [-0.1, -0.05) is 12.8 Å². The highest BCUT2D eigenvalue weighted by Crippen LogP contribution is 2.30. The van der Waals surface area contributed by atoms with Crippen molar-refractivity contribution >= 4 is 17.7 Å². The number of amides is 1. The number of nitrogens with zero attached hydrogens (tertiary/aromatic N) is 5. The van der Waals surface area contributed by atoms with E-state index >= 15 is 0 Å². The number of nitrogens with one attached hydrogen (secondary N) is 1. The molecule has 4 N–H and O–H groups in total. The van der Waals surface area contributed by atoms with Gasteiger partial charge in [-0.05, 0) is 57.6 Å². The molecule has 9 nitrogen and oxygen atoms in total. The van der Waals surface area contributed by atoms with Crippen LogP contribution in [-0.4, -0.2) is 94.8 Å². The molecule has 4 heterocycles. The molecular weight excluding hydrogens is 418 g/mol. The van der Waals surface area contributed by atoms with Gasteiger partial charge in [0.05, 0.1) is 0 Å². The van der Waals surface area contributed by atoms with E-state index in [1.165, 1.54) is 25.7 Å². The Bertz CT molecular complexity index is 748. The molecule has 4 rings (SSSR count). The van der Waals surface area contributed by atoms with Gasteiger partial charge in [-0.2, -0.15) is 4.98 Å². The monoisotopic (exact) mass is 459 g/mol. The molecule has 1 amide bonds. The van der Waals surface area contributed by atoms with E-state index in [9.17, 15) is 4.79 Å². The van der Waals surface area contributed by atoms with Crippen molar-refractivity contribution < 1.29 is 9.90 Å². The van der Waals surface area contributed by atoms with Gasteiger partial charge in [-0.3, -0.25) is 9.69 Å². The van der Waals surface area contributed by atoms with Crippen LogP contribution in [0.4, 0.5) is 11.8 Å². The van der Waals surface area contributed by atoms with Crippen LogP contribution in [0, 0.1) is 0 Å². The molecule has 2 unspecified atom stereocenters. The van der Waals surface area contributed by atoms with Crippen molar-refractivity contribution in [2.75, 3.05) is 56.1 Å². The SMILES string of the molecule is NCCCC1C(Nc2nccc(N3CCCCCC3)n2)CCN1C1CCN(C(=O)CO)CC1. The first-order valence-electron chi connectivity index (χ1n) is 12.9. The van der Waals surface area contributed by atoms with Gasteiger partial charge in [0.1, 0.15) is 12.4 Å². The number of piperidine rings is 1. The first kappa shape index (κ1) is 24.2. The molecule has 1 aromatic heterocycles. The number of aromatic nitrogens is 2. The van der Waals surface area contributed by atoms with E-state index in [0.29, 0.717) is 24.7 Å². The number of carbonyl (C=O) groups is 1. The molecule has 3 aliphatic heterocycles. The Balaban J connectivity index is 1.40. The highest BCUT2D eigenvalue weighted by Gasteiger charge is 2.39. The van der Waals surface area contributed by atoms with Crippen LogP contribution in [0.5, 0.6) is 0 Å². The number of hydrogen-bond acceptors (Lipinski definition) is 8. The maximum absolute atomic E-state index is 11.8. The van der Waals surface area contributed by atoms with E-state index in [1.54, 1.807) is 4.90 Å². The third-order valence-corrected chi connectivity index (χ3v) is 7.60. The smallest absolute Gasteiger partial charge is 0.248 e. The van der Waals surface area contributed by atoms with E-state index < -0.39 is 6.61 Å². The summed E-state index contributed by atoms with van der Waals surface area (Å²) in [5.74, 6) is 1.60. The predicted octanol–water partition coefficient (Wildman–Crippen LogP) is 1.43. The first-order valence-corrected chi connectivity index (χ1v) is 12.9. The number of nitrogens with two attached hydrogens (primary N) is 1. The van der Waals surface area contributed by atoms with Crippen LogP contribution in [0.2, 0.25) is 0 Å². The Hall–Kier alpha value is -1.97. The maximum atomic E-state index is 11.8. The van der Waals surface area contributed by atoms with Crippen molar-refractivity contribution in [3.63, 3.8) is 0 Å². The molecule has 0 aliphatic carbocycles. The van der Waals surface area contributed by atoms with Gasteiger partial charge < -0.3 is 26.0 Å². The highest BCUT2D eigenvalue weighted by molar-refractivity contribution is 5.77. The van der Waals surface area contributed by atoms with Gasteiger partial charge in [-0.15, -0.1) is 0 Å². The summed E-state index contributed by atoms with van der Waals surface area (Å²) in [6.07, 6.45) is 12.0. The van der Waals surface area contributed by atoms with Crippen LogP contribution < -0.4 is 16.0 Å². The summed E-state index contributed by atoms with van der Waals surface area (Å²) < 4.78 is 0. The molecule has 184 valence electrons. The first-order chi connectivity index (χ1) is 16.2. The normalized spacial score (nSPS) is 25.3. The van der Waals surface area contributed by atoms with E-state index in [4.69, 9.17) is 15.8 Å². The molecule has 3 aliphatic rings. The van der Waals surface area contributed by atoms with Crippen LogP contribution in [0.15, 0.2) is 12.3 Å². The minimum Gasteiger partial charge on any atom is -0.387 e. The highest BCUT2D eigenvalue weighted by atomic mass is 16.3. The molecule has 33 heavy (non-hydrogen) atoms. The second-order valence-corrected chi connectivity index (χ2v) is 9.69. The van der Waals surface area contributed by atoms with Gasteiger partial charge in [0.15, 0.2) is 0 Å². The lowest BCUT2D eigenvalue weighted by molar-refractivity contribution is -0.135. The van der Waals surface area contributed by atoms with E-state index in [1.807, 2.05) is 12.3 Å². The fraction of sp³-hybridized carbons (Fsp3) is 0.792. The van der Waals surface area contributed by atoms with Crippen molar-refractivity contribution in [1.29, 1.82) is 0 Å². The maximum Gasteiger partial charge on any atom is 0.248 e. The molecule has 3 saturated heterocycles. The fourth-order valence-electron chi connectivity index (χ4n) is 5.80. The van der Waals surface area contributed by atoms with Crippen LogP contribution in [0.25, 0.3) is 0 Å². The number of aliphatic hydroxyl groups is 1. The lowest BCUT2D eigenvalue weighted by atomic mass is 9.98. The summed E-state index contributed by atoms with van der Waals surface area (Å²) in [5, 5.41) is 12.8. The van der Waals surface area contributed by atoms with Gasteiger partial charge in [0.25, 0.3) is 0 Å². The van der Waals surface area contributed by atoms with E-state index in [0.717, 1.165) is 76.6 Å². The third-order valence-electron chi connectivity index (χ3n) is 7.60. The van der Waals surface area contributed by atoms with Crippen LogP contribution in [0.1, 0.15) is 57.8 Å². The number of carbonyl (C=O) groups excluding carboxylic acids is 1. The van der Waals surface area contributed by atoms with Crippen molar-refractivity contribution in [1.82, 2.24) is 19.8 Å². The summed E-state index contributed by atoms with van der Waals surface area (Å²) in [7, 11) is 0. The summed E-state index contributed by atoms with van der Waals surface area (Å²) in [4.78, 5) is 28.1. The van der Waals surface area contributed by atoms with Crippen LogP contribution >= 0.6 is 0 Å². The molecule has 0 aromatic carbocycles. The van der Waals surface area contributed by atoms with Gasteiger partial charge in [0.2, 0.25) is 11.9 Å². The molecule has 0 saturated carbocycles. The third kappa shape index (κ3) is 6.13. The minimum absolute atomic E-state index is 0.157. The van der Waals surface area contributed by atoms with Crippen LogP contribution in [0.3, 0.4) is 0 Å². The van der Waals surface area contributed by atoms with Gasteiger partial charge >= 0.3 is 0 Å². The van der Waals surface area contributed by atoms with Crippen molar-refractivity contribution in [3.05, 3.63) is 12.3 Å². The van der Waals surface area contributed by atoms with Gasteiger partial charge in [-0.25, -0.2) is 4.98 Å². The quantitative estimate of drug-likeness (QED) is 0.536. The zero-order valence-electron chi connectivity index (χ0n) is 19.9. The Morgan fingerprint density at radius 1 is 1.09 bits per heavy atom. The second-order valence-electron chi connectivity index (χ2n) is 9.69. The van der Waals surface area contributed by atoms with Crippen molar-refractivity contribution in [3.8, 4) is 0 Å². The Labute approximate surface area is 197 Å². The average Bonchev–Trinajstić information content (AvgIpc) is 3.05. The summed E-state index contributed by atoms with van der Waals surface area (Å²) in [5.41, 5.74) is 5.87. The lowest BCUT2D eigenvalue weighted by Crippen LogP contribution is -2.50. The zero-order chi connectivity index (χ0) is 23.0. The molecule has 0 bridgehead atoms. The molecular formula is C24H41N7O2. The molecule has 1 aromatic rings. The Morgan fingerprint density at radius 2 is 1.85 bits per heavy atom. The molecule has 0 spiro atoms. The predicted molar refractivity (Wildman–Crippen MR) is 130 cm³/mol. The van der Waals surface area contributed by atoms with Crippen molar-refractivity contribution in [2.24, 2.45) is 5.73 Å². The van der Waals surface area contributed by atoms with E-state index in [2.05, 4.69) is 20.1 Å². The minimum atomic E-state index is -0.393. The summed E-state index contributed by atoms with van der Waals surface area (Å²) in [6, 6.07) is 3.19. The largest absolute Gasteiger partial charge is 0.387 e. The molecule has 2 atom stereocenters. The molecule has 0 radical (unpaired) electrons. The number of aliphatic hydroxyl groups excluding tert-OH is 1. The van der Waals surface area contributed by atoms with E-state index in [-0.39, 0.29) is 5.91 Å².